The van der Waals surface area contributed by atoms with E-state index >= 15 is 0 Å². The molecule has 0 saturated heterocycles. The van der Waals surface area contributed by atoms with Gasteiger partial charge in [0, 0.05) is 25.5 Å². The van der Waals surface area contributed by atoms with Crippen molar-refractivity contribution < 1.29 is 18.5 Å². The number of amides is 2. The molecule has 0 spiro atoms. The van der Waals surface area contributed by atoms with Crippen molar-refractivity contribution >= 4 is 11.8 Å². The van der Waals surface area contributed by atoms with Crippen LogP contribution in [0, 0.1) is 0 Å². The average Bonchev–Trinajstić information content (AvgIpc) is 3.13. The normalized spacial score (nSPS) is 13.9. The van der Waals surface area contributed by atoms with E-state index in [9.17, 15) is 9.59 Å². The molecule has 3 heterocycles. The lowest BCUT2D eigenvalue weighted by Crippen LogP contribution is -2.36. The Labute approximate surface area is 120 Å². The van der Waals surface area contributed by atoms with E-state index in [-0.39, 0.29) is 11.8 Å². The van der Waals surface area contributed by atoms with Gasteiger partial charge in [-0.15, -0.1) is 0 Å². The molecule has 2 aromatic heterocycles. The number of furan rings is 1. The van der Waals surface area contributed by atoms with E-state index in [2.05, 4.69) is 10.5 Å². The highest BCUT2D eigenvalue weighted by atomic mass is 16.5. The van der Waals surface area contributed by atoms with Crippen LogP contribution in [0.5, 0.6) is 0 Å². The number of hydrogen-bond donors (Lipinski definition) is 1. The predicted molar refractivity (Wildman–Crippen MR) is 71.2 cm³/mol. The SMILES string of the molecule is CC(=O)NCc1noc2c1CN(C(=O)c1ccco1)CC2. The van der Waals surface area contributed by atoms with Gasteiger partial charge in [0.25, 0.3) is 5.91 Å². The average molecular weight is 289 g/mol. The van der Waals surface area contributed by atoms with E-state index in [4.69, 9.17) is 8.94 Å². The first-order valence-electron chi connectivity index (χ1n) is 6.68. The van der Waals surface area contributed by atoms with E-state index in [0.717, 1.165) is 11.3 Å². The van der Waals surface area contributed by atoms with E-state index in [1.54, 1.807) is 17.0 Å². The van der Waals surface area contributed by atoms with Crippen molar-refractivity contribution in [2.24, 2.45) is 0 Å². The Morgan fingerprint density at radius 1 is 1.48 bits per heavy atom. The van der Waals surface area contributed by atoms with Gasteiger partial charge < -0.3 is 19.2 Å². The lowest BCUT2D eigenvalue weighted by molar-refractivity contribution is -0.119. The molecule has 0 aliphatic carbocycles. The zero-order valence-corrected chi connectivity index (χ0v) is 11.6. The van der Waals surface area contributed by atoms with E-state index in [1.807, 2.05) is 0 Å². The number of carbonyl (C=O) groups excluding carboxylic acids is 2. The van der Waals surface area contributed by atoms with Gasteiger partial charge in [0.2, 0.25) is 5.91 Å². The topological polar surface area (TPSA) is 88.6 Å². The summed E-state index contributed by atoms with van der Waals surface area (Å²) in [7, 11) is 0. The minimum Gasteiger partial charge on any atom is -0.459 e. The van der Waals surface area contributed by atoms with Gasteiger partial charge in [-0.05, 0) is 12.1 Å². The Bertz CT molecular complexity index is 660. The number of rotatable bonds is 3. The monoisotopic (exact) mass is 289 g/mol. The first kappa shape index (κ1) is 13.4. The fourth-order valence-corrected chi connectivity index (χ4v) is 2.34. The molecule has 2 amide bonds. The first-order chi connectivity index (χ1) is 10.1. The van der Waals surface area contributed by atoms with Crippen molar-refractivity contribution in [1.29, 1.82) is 0 Å². The Kier molecular flexibility index (Phi) is 3.47. The minimum absolute atomic E-state index is 0.133. The molecule has 0 fully saturated rings. The molecule has 2 aromatic rings. The first-order valence-corrected chi connectivity index (χ1v) is 6.68. The van der Waals surface area contributed by atoms with Crippen molar-refractivity contribution in [3.05, 3.63) is 41.2 Å². The van der Waals surface area contributed by atoms with Gasteiger partial charge in [-0.3, -0.25) is 9.59 Å². The Balaban J connectivity index is 1.76. The summed E-state index contributed by atoms with van der Waals surface area (Å²) in [4.78, 5) is 25.0. The second kappa shape index (κ2) is 5.43. The quantitative estimate of drug-likeness (QED) is 0.914. The number of hydrogen-bond acceptors (Lipinski definition) is 5. The van der Waals surface area contributed by atoms with Crippen LogP contribution in [0.15, 0.2) is 27.3 Å². The summed E-state index contributed by atoms with van der Waals surface area (Å²) in [5, 5.41) is 6.66. The molecule has 7 heteroatoms. The molecule has 1 aliphatic rings. The van der Waals surface area contributed by atoms with Crippen LogP contribution in [0.25, 0.3) is 0 Å². The molecule has 0 aromatic carbocycles. The predicted octanol–water partition coefficient (Wildman–Crippen LogP) is 1.10. The standard InChI is InChI=1S/C14H15N3O4/c1-9(18)15-7-11-10-8-17(5-4-12(10)21-16-11)14(19)13-3-2-6-20-13/h2-3,6H,4-5,7-8H2,1H3,(H,15,18). The van der Waals surface area contributed by atoms with Crippen molar-refractivity contribution in [2.45, 2.75) is 26.4 Å². The molecule has 21 heavy (non-hydrogen) atoms. The fourth-order valence-electron chi connectivity index (χ4n) is 2.34. The third kappa shape index (κ3) is 2.67. The molecule has 1 N–H and O–H groups in total. The van der Waals surface area contributed by atoms with Crippen LogP contribution in [-0.2, 0) is 24.3 Å². The Morgan fingerprint density at radius 3 is 3.05 bits per heavy atom. The third-order valence-corrected chi connectivity index (χ3v) is 3.43. The summed E-state index contributed by atoms with van der Waals surface area (Å²) < 4.78 is 10.4. The van der Waals surface area contributed by atoms with Crippen LogP contribution in [0.2, 0.25) is 0 Å². The number of nitrogens with one attached hydrogen (secondary N) is 1. The maximum atomic E-state index is 12.3. The van der Waals surface area contributed by atoms with Gasteiger partial charge in [0.1, 0.15) is 11.5 Å². The summed E-state index contributed by atoms with van der Waals surface area (Å²) in [6, 6.07) is 3.33. The third-order valence-electron chi connectivity index (χ3n) is 3.43. The van der Waals surface area contributed by atoms with Crippen LogP contribution >= 0.6 is 0 Å². The molecule has 0 bridgehead atoms. The highest BCUT2D eigenvalue weighted by molar-refractivity contribution is 5.91. The summed E-state index contributed by atoms with van der Waals surface area (Å²) in [5.41, 5.74) is 1.53. The summed E-state index contributed by atoms with van der Waals surface area (Å²) in [6.45, 7) is 2.71. The number of aromatic nitrogens is 1. The van der Waals surface area contributed by atoms with Crippen molar-refractivity contribution in [3.8, 4) is 0 Å². The fraction of sp³-hybridized carbons (Fsp3) is 0.357. The number of fused-ring (bicyclic) bond motifs is 1. The molecular formula is C14H15N3O4. The van der Waals surface area contributed by atoms with Crippen LogP contribution in [0.4, 0.5) is 0 Å². The second-order valence-electron chi connectivity index (χ2n) is 4.89. The zero-order valence-electron chi connectivity index (χ0n) is 11.6. The van der Waals surface area contributed by atoms with Crippen molar-refractivity contribution in [1.82, 2.24) is 15.4 Å². The molecule has 3 rings (SSSR count). The van der Waals surface area contributed by atoms with Gasteiger partial charge in [-0.1, -0.05) is 5.16 Å². The smallest absolute Gasteiger partial charge is 0.289 e. The Morgan fingerprint density at radius 2 is 2.33 bits per heavy atom. The maximum Gasteiger partial charge on any atom is 0.289 e. The molecule has 7 nitrogen and oxygen atoms in total. The highest BCUT2D eigenvalue weighted by Crippen LogP contribution is 2.23. The summed E-state index contributed by atoms with van der Waals surface area (Å²) in [5.74, 6) is 0.806. The molecule has 1 aliphatic heterocycles. The van der Waals surface area contributed by atoms with Gasteiger partial charge in [0.05, 0.1) is 19.4 Å². The molecular weight excluding hydrogens is 274 g/mol. The number of carbonyl (C=O) groups is 2. The van der Waals surface area contributed by atoms with Crippen LogP contribution in [0.3, 0.4) is 0 Å². The largest absolute Gasteiger partial charge is 0.459 e. The summed E-state index contributed by atoms with van der Waals surface area (Å²) in [6.07, 6.45) is 2.08. The Hall–Kier alpha value is -2.57. The van der Waals surface area contributed by atoms with Gasteiger partial charge in [-0.25, -0.2) is 0 Å². The van der Waals surface area contributed by atoms with Crippen LogP contribution in [-0.4, -0.2) is 28.4 Å². The van der Waals surface area contributed by atoms with E-state index < -0.39 is 0 Å². The van der Waals surface area contributed by atoms with Gasteiger partial charge in [-0.2, -0.15) is 0 Å². The van der Waals surface area contributed by atoms with Gasteiger partial charge in [0.15, 0.2) is 5.76 Å². The minimum atomic E-state index is -0.155. The molecule has 0 atom stereocenters. The second-order valence-corrected chi connectivity index (χ2v) is 4.89. The highest BCUT2D eigenvalue weighted by Gasteiger charge is 2.28. The van der Waals surface area contributed by atoms with E-state index in [1.165, 1.54) is 13.2 Å². The zero-order chi connectivity index (χ0) is 14.8. The maximum absolute atomic E-state index is 12.3. The molecule has 110 valence electrons. The lowest BCUT2D eigenvalue weighted by Gasteiger charge is -2.25. The molecule has 0 radical (unpaired) electrons. The lowest BCUT2D eigenvalue weighted by atomic mass is 10.1. The molecule has 0 saturated carbocycles. The van der Waals surface area contributed by atoms with Crippen molar-refractivity contribution in [2.75, 3.05) is 6.54 Å². The van der Waals surface area contributed by atoms with Crippen LogP contribution in [0.1, 0.15) is 34.5 Å². The van der Waals surface area contributed by atoms with E-state index in [0.29, 0.717) is 37.5 Å². The van der Waals surface area contributed by atoms with Gasteiger partial charge >= 0.3 is 0 Å². The summed E-state index contributed by atoms with van der Waals surface area (Å²) >= 11 is 0. The van der Waals surface area contributed by atoms with Crippen molar-refractivity contribution in [3.63, 3.8) is 0 Å². The van der Waals surface area contributed by atoms with Crippen LogP contribution < -0.4 is 5.32 Å². The molecule has 0 unspecified atom stereocenters. The number of nitrogens with zero attached hydrogens (tertiary/aromatic N) is 2.